The van der Waals surface area contributed by atoms with Crippen LogP contribution in [0.1, 0.15) is 36.8 Å². The zero-order valence-corrected chi connectivity index (χ0v) is 12.5. The lowest BCUT2D eigenvalue weighted by Gasteiger charge is -2.12. The maximum Gasteiger partial charge on any atom is 0.382 e. The first-order valence-corrected chi connectivity index (χ1v) is 7.07. The quantitative estimate of drug-likeness (QED) is 0.662. The standard InChI is InChI=1S/C16H10N4O4/c1-9-8-17-19-7-6-12(18-13(9)19)16(23)24-20-14(21)10-4-2-3-5-11(10)15(20)22/h2-8H,1H3. The van der Waals surface area contributed by atoms with E-state index in [0.717, 1.165) is 5.56 Å². The molecule has 24 heavy (non-hydrogen) atoms. The number of rotatable bonds is 2. The number of aromatic nitrogens is 3. The summed E-state index contributed by atoms with van der Waals surface area (Å²) < 4.78 is 1.51. The van der Waals surface area contributed by atoms with E-state index in [0.29, 0.717) is 10.7 Å². The van der Waals surface area contributed by atoms with Gasteiger partial charge < -0.3 is 4.84 Å². The van der Waals surface area contributed by atoms with Crippen molar-refractivity contribution < 1.29 is 19.2 Å². The largest absolute Gasteiger partial charge is 0.382 e. The first kappa shape index (κ1) is 14.1. The van der Waals surface area contributed by atoms with Crippen LogP contribution in [-0.4, -0.2) is 37.4 Å². The normalized spacial score (nSPS) is 13.5. The first-order chi connectivity index (χ1) is 11.6. The van der Waals surface area contributed by atoms with Crippen LogP contribution in [-0.2, 0) is 4.84 Å². The fourth-order valence-corrected chi connectivity index (χ4v) is 2.48. The first-order valence-electron chi connectivity index (χ1n) is 7.07. The summed E-state index contributed by atoms with van der Waals surface area (Å²) in [7, 11) is 0. The molecule has 8 nitrogen and oxygen atoms in total. The number of hydrogen-bond donors (Lipinski definition) is 0. The second-order valence-corrected chi connectivity index (χ2v) is 5.24. The van der Waals surface area contributed by atoms with Crippen LogP contribution in [0.3, 0.4) is 0 Å². The smallest absolute Gasteiger partial charge is 0.323 e. The third-order valence-electron chi connectivity index (χ3n) is 3.69. The molecule has 1 aliphatic heterocycles. The molecule has 3 aromatic rings. The van der Waals surface area contributed by atoms with Gasteiger partial charge in [0.2, 0.25) is 0 Å². The summed E-state index contributed by atoms with van der Waals surface area (Å²) in [6, 6.07) is 7.67. The highest BCUT2D eigenvalue weighted by Crippen LogP contribution is 2.23. The van der Waals surface area contributed by atoms with Crippen LogP contribution in [0.5, 0.6) is 0 Å². The van der Waals surface area contributed by atoms with E-state index in [9.17, 15) is 14.4 Å². The zero-order valence-electron chi connectivity index (χ0n) is 12.5. The number of hydroxylamine groups is 2. The number of carbonyl (C=O) groups excluding carboxylic acids is 3. The molecule has 0 spiro atoms. The van der Waals surface area contributed by atoms with Gasteiger partial charge in [0.15, 0.2) is 11.3 Å². The molecule has 3 heterocycles. The molecule has 1 aromatic carbocycles. The van der Waals surface area contributed by atoms with Crippen LogP contribution < -0.4 is 0 Å². The molecule has 4 rings (SSSR count). The molecule has 0 N–H and O–H groups in total. The highest BCUT2D eigenvalue weighted by Gasteiger charge is 2.39. The average molecular weight is 322 g/mol. The van der Waals surface area contributed by atoms with Crippen LogP contribution in [0.4, 0.5) is 0 Å². The Morgan fingerprint density at radius 3 is 2.42 bits per heavy atom. The van der Waals surface area contributed by atoms with Crippen molar-refractivity contribution in [3.63, 3.8) is 0 Å². The second kappa shape index (κ2) is 4.98. The van der Waals surface area contributed by atoms with Gasteiger partial charge in [0.25, 0.3) is 11.8 Å². The van der Waals surface area contributed by atoms with Gasteiger partial charge in [-0.2, -0.15) is 5.10 Å². The third-order valence-corrected chi connectivity index (χ3v) is 3.69. The van der Waals surface area contributed by atoms with Gasteiger partial charge in [-0.15, -0.1) is 0 Å². The zero-order chi connectivity index (χ0) is 16.8. The SMILES string of the molecule is Cc1cnn2ccc(C(=O)ON3C(=O)c4ccccc4C3=O)nc12. The van der Waals surface area contributed by atoms with Crippen molar-refractivity contribution in [3.05, 3.63) is 65.1 Å². The predicted octanol–water partition coefficient (Wildman–Crippen LogP) is 1.41. The van der Waals surface area contributed by atoms with Gasteiger partial charge in [0, 0.05) is 11.8 Å². The van der Waals surface area contributed by atoms with Crippen LogP contribution in [0, 0.1) is 6.92 Å². The van der Waals surface area contributed by atoms with Crippen LogP contribution in [0.2, 0.25) is 0 Å². The molecule has 8 heteroatoms. The number of fused-ring (bicyclic) bond motifs is 2. The monoisotopic (exact) mass is 322 g/mol. The Bertz CT molecular complexity index is 989. The van der Waals surface area contributed by atoms with Crippen LogP contribution >= 0.6 is 0 Å². The summed E-state index contributed by atoms with van der Waals surface area (Å²) in [6.07, 6.45) is 3.16. The molecule has 0 radical (unpaired) electrons. The highest BCUT2D eigenvalue weighted by atomic mass is 16.7. The van der Waals surface area contributed by atoms with Crippen molar-refractivity contribution >= 4 is 23.4 Å². The van der Waals surface area contributed by atoms with Crippen molar-refractivity contribution in [1.82, 2.24) is 19.7 Å². The van der Waals surface area contributed by atoms with E-state index in [1.54, 1.807) is 31.5 Å². The maximum atomic E-state index is 12.3. The van der Waals surface area contributed by atoms with Crippen molar-refractivity contribution in [1.29, 1.82) is 0 Å². The minimum atomic E-state index is -0.896. The summed E-state index contributed by atoms with van der Waals surface area (Å²) >= 11 is 0. The lowest BCUT2D eigenvalue weighted by Crippen LogP contribution is -2.33. The molecule has 2 amide bonds. The van der Waals surface area contributed by atoms with Gasteiger partial charge in [-0.05, 0) is 25.1 Å². The van der Waals surface area contributed by atoms with Crippen LogP contribution in [0.25, 0.3) is 5.65 Å². The van der Waals surface area contributed by atoms with Crippen molar-refractivity contribution in [3.8, 4) is 0 Å². The van der Waals surface area contributed by atoms with Crippen molar-refractivity contribution in [2.45, 2.75) is 6.92 Å². The lowest BCUT2D eigenvalue weighted by molar-refractivity contribution is -0.0588. The number of nitrogens with zero attached hydrogens (tertiary/aromatic N) is 4. The summed E-state index contributed by atoms with van der Waals surface area (Å²) in [5.41, 5.74) is 1.65. The maximum absolute atomic E-state index is 12.3. The lowest BCUT2D eigenvalue weighted by atomic mass is 10.1. The summed E-state index contributed by atoms with van der Waals surface area (Å²) in [5, 5.41) is 4.52. The van der Waals surface area contributed by atoms with Crippen LogP contribution in [0.15, 0.2) is 42.7 Å². The molecular formula is C16H10N4O4. The Morgan fingerprint density at radius 2 is 1.75 bits per heavy atom. The fraction of sp³-hybridized carbons (Fsp3) is 0.0625. The fourth-order valence-electron chi connectivity index (χ4n) is 2.48. The molecular weight excluding hydrogens is 312 g/mol. The Morgan fingerprint density at radius 1 is 1.08 bits per heavy atom. The molecule has 0 atom stereocenters. The van der Waals surface area contributed by atoms with E-state index in [1.165, 1.54) is 22.7 Å². The van der Waals surface area contributed by atoms with Gasteiger partial charge >= 0.3 is 5.97 Å². The number of aryl methyl sites for hydroxylation is 1. The number of amides is 2. The van der Waals surface area contributed by atoms with Gasteiger partial charge in [-0.3, -0.25) is 9.59 Å². The second-order valence-electron chi connectivity index (χ2n) is 5.24. The molecule has 2 aromatic heterocycles. The molecule has 0 unspecified atom stereocenters. The van der Waals surface area contributed by atoms with Gasteiger partial charge in [-0.25, -0.2) is 14.3 Å². The number of benzene rings is 1. The van der Waals surface area contributed by atoms with E-state index >= 15 is 0 Å². The Labute approximate surface area is 135 Å². The molecule has 0 bridgehead atoms. The van der Waals surface area contributed by atoms with Gasteiger partial charge in [0.1, 0.15) is 0 Å². The van der Waals surface area contributed by atoms with Crippen molar-refractivity contribution in [2.24, 2.45) is 0 Å². The molecule has 118 valence electrons. The number of imide groups is 1. The number of carbonyl (C=O) groups is 3. The molecule has 0 saturated carbocycles. The molecule has 1 aliphatic rings. The summed E-state index contributed by atoms with van der Waals surface area (Å²) in [4.78, 5) is 45.8. The van der Waals surface area contributed by atoms with Gasteiger partial charge in [0.05, 0.1) is 17.3 Å². The van der Waals surface area contributed by atoms with E-state index in [4.69, 9.17) is 4.84 Å². The Hall–Kier alpha value is -3.55. The molecule has 0 saturated heterocycles. The molecule has 0 fully saturated rings. The van der Waals surface area contributed by atoms with Gasteiger partial charge in [-0.1, -0.05) is 17.2 Å². The Kier molecular flexibility index (Phi) is 2.92. The van der Waals surface area contributed by atoms with E-state index < -0.39 is 17.8 Å². The minimum Gasteiger partial charge on any atom is -0.323 e. The van der Waals surface area contributed by atoms with Crippen molar-refractivity contribution in [2.75, 3.05) is 0 Å². The highest BCUT2D eigenvalue weighted by molar-refractivity contribution is 6.21. The Balaban J connectivity index is 1.63. The predicted molar refractivity (Wildman–Crippen MR) is 80.1 cm³/mol. The minimum absolute atomic E-state index is 0.0253. The topological polar surface area (TPSA) is 93.9 Å². The average Bonchev–Trinajstić information content (AvgIpc) is 3.08. The van der Waals surface area contributed by atoms with E-state index in [-0.39, 0.29) is 16.8 Å². The van der Waals surface area contributed by atoms with E-state index in [1.807, 2.05) is 0 Å². The summed E-state index contributed by atoms with van der Waals surface area (Å²) in [5.74, 6) is -2.25. The molecule has 0 aliphatic carbocycles. The summed E-state index contributed by atoms with van der Waals surface area (Å²) in [6.45, 7) is 1.80. The number of hydrogen-bond acceptors (Lipinski definition) is 6. The third kappa shape index (κ3) is 1.97. The van der Waals surface area contributed by atoms with E-state index in [2.05, 4.69) is 10.1 Å².